The lowest BCUT2D eigenvalue weighted by molar-refractivity contribution is -0.111. The van der Waals surface area contributed by atoms with E-state index in [0.717, 1.165) is 0 Å². The fourth-order valence-electron chi connectivity index (χ4n) is 1.17. The molecule has 0 saturated carbocycles. The second kappa shape index (κ2) is 6.16. The SMILES string of the molecule is CCC(=O)SCC(C)(C)OC(C)(C)CS. The standard InChI is InChI=1S/C11H22O2S2/c1-6-9(12)15-8-11(4,5)13-10(2,3)7-14/h14H,6-8H2,1-5H3. The van der Waals surface area contributed by atoms with Gasteiger partial charge in [0.2, 0.25) is 0 Å². The van der Waals surface area contributed by atoms with Crippen molar-refractivity contribution in [3.8, 4) is 0 Å². The van der Waals surface area contributed by atoms with Gasteiger partial charge in [-0.05, 0) is 27.7 Å². The van der Waals surface area contributed by atoms with Crippen LogP contribution >= 0.6 is 24.4 Å². The van der Waals surface area contributed by atoms with E-state index in [1.54, 1.807) is 0 Å². The maximum atomic E-state index is 11.2. The Balaban J connectivity index is 4.13. The number of hydrogen-bond acceptors (Lipinski definition) is 4. The molecule has 15 heavy (non-hydrogen) atoms. The summed E-state index contributed by atoms with van der Waals surface area (Å²) in [7, 11) is 0. The van der Waals surface area contributed by atoms with E-state index in [1.807, 2.05) is 34.6 Å². The third kappa shape index (κ3) is 7.25. The number of thiol groups is 1. The number of rotatable bonds is 6. The second-order valence-corrected chi connectivity index (χ2v) is 6.14. The molecule has 0 bridgehead atoms. The van der Waals surface area contributed by atoms with Crippen LogP contribution in [-0.4, -0.2) is 27.8 Å². The van der Waals surface area contributed by atoms with Crippen molar-refractivity contribution in [1.82, 2.24) is 0 Å². The molecule has 0 saturated heterocycles. The molecule has 0 N–H and O–H groups in total. The summed E-state index contributed by atoms with van der Waals surface area (Å²) in [5, 5.41) is 0.218. The van der Waals surface area contributed by atoms with Crippen LogP contribution in [0.3, 0.4) is 0 Å². The summed E-state index contributed by atoms with van der Waals surface area (Å²) in [5.41, 5.74) is -0.538. The van der Waals surface area contributed by atoms with Crippen LogP contribution in [0, 0.1) is 0 Å². The predicted octanol–water partition coefficient (Wildman–Crippen LogP) is 3.16. The Morgan fingerprint density at radius 3 is 2.20 bits per heavy atom. The van der Waals surface area contributed by atoms with Gasteiger partial charge in [-0.3, -0.25) is 4.79 Å². The van der Waals surface area contributed by atoms with Crippen LogP contribution in [0.2, 0.25) is 0 Å². The van der Waals surface area contributed by atoms with E-state index in [-0.39, 0.29) is 16.3 Å². The minimum Gasteiger partial charge on any atom is -0.368 e. The van der Waals surface area contributed by atoms with Gasteiger partial charge in [0.25, 0.3) is 0 Å². The third-order valence-corrected chi connectivity index (χ3v) is 4.01. The molecule has 0 rings (SSSR count). The van der Waals surface area contributed by atoms with Crippen molar-refractivity contribution in [2.45, 2.75) is 52.2 Å². The van der Waals surface area contributed by atoms with Gasteiger partial charge < -0.3 is 4.74 Å². The Morgan fingerprint density at radius 1 is 1.27 bits per heavy atom. The van der Waals surface area contributed by atoms with Crippen LogP contribution < -0.4 is 0 Å². The molecule has 0 aromatic rings. The lowest BCUT2D eigenvalue weighted by atomic mass is 10.1. The van der Waals surface area contributed by atoms with Crippen molar-refractivity contribution >= 4 is 29.5 Å². The number of ether oxygens (including phenoxy) is 1. The first-order valence-corrected chi connectivity index (χ1v) is 6.81. The fourth-order valence-corrected chi connectivity index (χ4v) is 2.00. The molecule has 0 spiro atoms. The summed E-state index contributed by atoms with van der Waals surface area (Å²) in [5.74, 6) is 1.36. The zero-order chi connectivity index (χ0) is 12.1. The molecule has 2 nitrogen and oxygen atoms in total. The molecule has 0 fully saturated rings. The Bertz CT molecular complexity index is 213. The normalized spacial score (nSPS) is 12.9. The first-order valence-electron chi connectivity index (χ1n) is 5.19. The molecule has 0 aliphatic carbocycles. The van der Waals surface area contributed by atoms with Crippen molar-refractivity contribution in [3.63, 3.8) is 0 Å². The highest BCUT2D eigenvalue weighted by atomic mass is 32.2. The van der Waals surface area contributed by atoms with E-state index < -0.39 is 0 Å². The topological polar surface area (TPSA) is 26.3 Å². The van der Waals surface area contributed by atoms with E-state index in [2.05, 4.69) is 12.6 Å². The summed E-state index contributed by atoms with van der Waals surface area (Å²) >= 11 is 5.59. The molecular weight excluding hydrogens is 228 g/mol. The number of carbonyl (C=O) groups excluding carboxylic acids is 1. The maximum Gasteiger partial charge on any atom is 0.188 e. The first kappa shape index (κ1) is 15.3. The van der Waals surface area contributed by atoms with Gasteiger partial charge in [-0.25, -0.2) is 0 Å². The van der Waals surface area contributed by atoms with Gasteiger partial charge in [0.1, 0.15) is 0 Å². The lowest BCUT2D eigenvalue weighted by Crippen LogP contribution is -2.40. The molecular formula is C11H22O2S2. The lowest BCUT2D eigenvalue weighted by Gasteiger charge is -2.34. The molecule has 0 aromatic heterocycles. The van der Waals surface area contributed by atoms with Gasteiger partial charge in [0.15, 0.2) is 5.12 Å². The minimum absolute atomic E-state index is 0.218. The highest BCUT2D eigenvalue weighted by molar-refractivity contribution is 8.13. The number of hydrogen-bond donors (Lipinski definition) is 1. The Hall–Kier alpha value is 0.330. The predicted molar refractivity (Wildman–Crippen MR) is 70.9 cm³/mol. The van der Waals surface area contributed by atoms with Crippen molar-refractivity contribution in [1.29, 1.82) is 0 Å². The molecule has 0 unspecified atom stereocenters. The smallest absolute Gasteiger partial charge is 0.188 e. The van der Waals surface area contributed by atoms with Crippen molar-refractivity contribution in [2.75, 3.05) is 11.5 Å². The van der Waals surface area contributed by atoms with Crippen molar-refractivity contribution < 1.29 is 9.53 Å². The van der Waals surface area contributed by atoms with Crippen LogP contribution in [0.1, 0.15) is 41.0 Å². The number of thioether (sulfide) groups is 1. The van der Waals surface area contributed by atoms with Gasteiger partial charge in [0.05, 0.1) is 11.2 Å². The second-order valence-electron chi connectivity index (χ2n) is 4.79. The van der Waals surface area contributed by atoms with Gasteiger partial charge >= 0.3 is 0 Å². The van der Waals surface area contributed by atoms with E-state index in [9.17, 15) is 4.79 Å². The zero-order valence-electron chi connectivity index (χ0n) is 10.3. The highest BCUT2D eigenvalue weighted by Gasteiger charge is 2.28. The van der Waals surface area contributed by atoms with E-state index in [1.165, 1.54) is 11.8 Å². The number of carbonyl (C=O) groups is 1. The summed E-state index contributed by atoms with van der Waals surface area (Å²) in [4.78, 5) is 11.2. The first-order chi connectivity index (χ1) is 6.72. The molecule has 0 atom stereocenters. The van der Waals surface area contributed by atoms with Crippen LogP contribution in [0.5, 0.6) is 0 Å². The molecule has 0 aliphatic heterocycles. The molecule has 0 aliphatic rings. The van der Waals surface area contributed by atoms with Crippen molar-refractivity contribution in [3.05, 3.63) is 0 Å². The molecule has 0 radical (unpaired) electrons. The quantitative estimate of drug-likeness (QED) is 0.733. The zero-order valence-corrected chi connectivity index (χ0v) is 12.0. The minimum atomic E-state index is -0.290. The van der Waals surface area contributed by atoms with Gasteiger partial charge in [0, 0.05) is 17.9 Å². The monoisotopic (exact) mass is 250 g/mol. The molecule has 0 aromatic carbocycles. The van der Waals surface area contributed by atoms with E-state index in [4.69, 9.17) is 4.74 Å². The Labute approximate surface area is 103 Å². The average molecular weight is 250 g/mol. The van der Waals surface area contributed by atoms with Crippen LogP contribution in [0.15, 0.2) is 0 Å². The summed E-state index contributed by atoms with van der Waals surface area (Å²) in [6, 6.07) is 0. The van der Waals surface area contributed by atoms with Gasteiger partial charge in [-0.1, -0.05) is 18.7 Å². The highest BCUT2D eigenvalue weighted by Crippen LogP contribution is 2.25. The van der Waals surface area contributed by atoms with Gasteiger partial charge in [-0.15, -0.1) is 0 Å². The van der Waals surface area contributed by atoms with Crippen molar-refractivity contribution in [2.24, 2.45) is 0 Å². The molecule has 0 heterocycles. The van der Waals surface area contributed by atoms with Gasteiger partial charge in [-0.2, -0.15) is 12.6 Å². The van der Waals surface area contributed by atoms with Crippen LogP contribution in [0.4, 0.5) is 0 Å². The summed E-state index contributed by atoms with van der Waals surface area (Å²) in [6.07, 6.45) is 0.580. The Morgan fingerprint density at radius 2 is 1.80 bits per heavy atom. The summed E-state index contributed by atoms with van der Waals surface area (Å²) in [6.45, 7) is 9.91. The Kier molecular flexibility index (Phi) is 6.30. The van der Waals surface area contributed by atoms with E-state index in [0.29, 0.717) is 17.9 Å². The molecule has 4 heteroatoms. The largest absolute Gasteiger partial charge is 0.368 e. The third-order valence-electron chi connectivity index (χ3n) is 1.80. The summed E-state index contributed by atoms with van der Waals surface area (Å²) < 4.78 is 5.92. The maximum absolute atomic E-state index is 11.2. The van der Waals surface area contributed by atoms with Crippen LogP contribution in [-0.2, 0) is 9.53 Å². The molecule has 90 valence electrons. The fraction of sp³-hybridized carbons (Fsp3) is 0.909. The van der Waals surface area contributed by atoms with E-state index >= 15 is 0 Å². The molecule has 0 amide bonds. The average Bonchev–Trinajstić information content (AvgIpc) is 2.13. The van der Waals surface area contributed by atoms with Crippen LogP contribution in [0.25, 0.3) is 0 Å².